The maximum Gasteiger partial charge on any atom is 0.237 e. The van der Waals surface area contributed by atoms with Gasteiger partial charge in [-0.05, 0) is 25.7 Å². The Labute approximate surface area is 103 Å². The zero-order chi connectivity index (χ0) is 12.5. The van der Waals surface area contributed by atoms with E-state index in [0.29, 0.717) is 19.1 Å². The lowest BCUT2D eigenvalue weighted by molar-refractivity contribution is -0.129. The first-order chi connectivity index (χ1) is 8.07. The number of rotatable bonds is 6. The van der Waals surface area contributed by atoms with Gasteiger partial charge < -0.3 is 15.8 Å². The van der Waals surface area contributed by atoms with Gasteiger partial charge in [0.25, 0.3) is 0 Å². The molecule has 0 aromatic carbocycles. The van der Waals surface area contributed by atoms with Crippen LogP contribution in [0.15, 0.2) is 0 Å². The van der Waals surface area contributed by atoms with Gasteiger partial charge in [0.15, 0.2) is 0 Å². The molecule has 0 radical (unpaired) electrons. The van der Waals surface area contributed by atoms with Crippen LogP contribution in [0, 0.1) is 5.92 Å². The lowest BCUT2D eigenvalue weighted by Crippen LogP contribution is -2.71. The highest BCUT2D eigenvalue weighted by atomic mass is 16.5. The molecule has 5 nitrogen and oxygen atoms in total. The van der Waals surface area contributed by atoms with Crippen LogP contribution in [0.4, 0.5) is 0 Å². The second-order valence-corrected chi connectivity index (χ2v) is 5.37. The summed E-state index contributed by atoms with van der Waals surface area (Å²) >= 11 is 0. The van der Waals surface area contributed by atoms with Gasteiger partial charge in [-0.1, -0.05) is 0 Å². The minimum atomic E-state index is -0.0812. The molecule has 17 heavy (non-hydrogen) atoms. The van der Waals surface area contributed by atoms with Gasteiger partial charge in [0.05, 0.1) is 12.6 Å². The van der Waals surface area contributed by atoms with E-state index in [2.05, 4.69) is 10.2 Å². The predicted octanol–water partition coefficient (Wildman–Crippen LogP) is -0.439. The fourth-order valence-electron chi connectivity index (χ4n) is 2.49. The Morgan fingerprint density at radius 2 is 2.24 bits per heavy atom. The molecule has 0 spiro atoms. The van der Waals surface area contributed by atoms with Crippen molar-refractivity contribution in [3.05, 3.63) is 0 Å². The van der Waals surface area contributed by atoms with E-state index in [4.69, 9.17) is 10.5 Å². The van der Waals surface area contributed by atoms with Crippen molar-refractivity contribution in [2.45, 2.75) is 31.3 Å². The highest BCUT2D eigenvalue weighted by Crippen LogP contribution is 2.43. The first-order valence-electron chi connectivity index (χ1n) is 6.36. The number of likely N-dealkylation sites (tertiary alicyclic amines) is 1. The van der Waals surface area contributed by atoms with Gasteiger partial charge in [-0.2, -0.15) is 0 Å². The number of hydrogen-bond donors (Lipinski definition) is 2. The van der Waals surface area contributed by atoms with E-state index in [0.717, 1.165) is 13.1 Å². The van der Waals surface area contributed by atoms with Gasteiger partial charge in [0.2, 0.25) is 5.91 Å². The largest absolute Gasteiger partial charge is 0.383 e. The van der Waals surface area contributed by atoms with Gasteiger partial charge in [0, 0.05) is 32.3 Å². The Hall–Kier alpha value is -0.650. The molecule has 2 fully saturated rings. The number of methoxy groups -OCH3 is 1. The van der Waals surface area contributed by atoms with Gasteiger partial charge in [-0.15, -0.1) is 0 Å². The Kier molecular flexibility index (Phi) is 3.70. The van der Waals surface area contributed by atoms with Crippen molar-refractivity contribution in [1.82, 2.24) is 10.2 Å². The second-order valence-electron chi connectivity index (χ2n) is 5.37. The molecular formula is C12H23N3O2. The molecule has 2 aliphatic rings. The third-order valence-corrected chi connectivity index (χ3v) is 3.92. The van der Waals surface area contributed by atoms with E-state index >= 15 is 0 Å². The van der Waals surface area contributed by atoms with Crippen molar-refractivity contribution in [2.24, 2.45) is 11.7 Å². The van der Waals surface area contributed by atoms with Crippen LogP contribution in [-0.2, 0) is 9.53 Å². The third-order valence-electron chi connectivity index (χ3n) is 3.92. The number of amides is 1. The summed E-state index contributed by atoms with van der Waals surface area (Å²) in [5.41, 5.74) is 6.25. The number of ether oxygens (including phenoxy) is 1. The average molecular weight is 241 g/mol. The number of hydrogen-bond acceptors (Lipinski definition) is 4. The summed E-state index contributed by atoms with van der Waals surface area (Å²) in [6.07, 6.45) is 2.53. The van der Waals surface area contributed by atoms with E-state index in [-0.39, 0.29) is 17.5 Å². The van der Waals surface area contributed by atoms with Crippen molar-refractivity contribution in [3.8, 4) is 0 Å². The Balaban J connectivity index is 1.70. The molecule has 0 bridgehead atoms. The second kappa shape index (κ2) is 4.92. The normalized spacial score (nSPS) is 25.1. The van der Waals surface area contributed by atoms with Crippen LogP contribution in [-0.4, -0.2) is 55.7 Å². The lowest BCUT2D eigenvalue weighted by Gasteiger charge is -2.50. The van der Waals surface area contributed by atoms with Crippen LogP contribution >= 0.6 is 0 Å². The molecule has 1 aliphatic heterocycles. The van der Waals surface area contributed by atoms with Gasteiger partial charge in [-0.3, -0.25) is 9.69 Å². The van der Waals surface area contributed by atoms with Crippen molar-refractivity contribution < 1.29 is 9.53 Å². The molecule has 0 aromatic rings. The van der Waals surface area contributed by atoms with Gasteiger partial charge in [-0.25, -0.2) is 0 Å². The molecule has 1 amide bonds. The van der Waals surface area contributed by atoms with Crippen LogP contribution in [0.5, 0.6) is 0 Å². The predicted molar refractivity (Wildman–Crippen MR) is 65.6 cm³/mol. The highest BCUT2D eigenvalue weighted by Gasteiger charge is 2.51. The zero-order valence-corrected chi connectivity index (χ0v) is 10.7. The summed E-state index contributed by atoms with van der Waals surface area (Å²) < 4.78 is 4.90. The number of nitrogens with zero attached hydrogens (tertiary/aromatic N) is 1. The molecule has 3 N–H and O–H groups in total. The van der Waals surface area contributed by atoms with E-state index < -0.39 is 0 Å². The van der Waals surface area contributed by atoms with Crippen LogP contribution in [0.1, 0.15) is 19.8 Å². The zero-order valence-electron chi connectivity index (χ0n) is 10.7. The summed E-state index contributed by atoms with van der Waals surface area (Å²) in [5.74, 6) is 0.766. The van der Waals surface area contributed by atoms with E-state index in [1.165, 1.54) is 12.8 Å². The molecule has 1 saturated carbocycles. The molecule has 98 valence electrons. The molecule has 1 atom stereocenters. The molecule has 1 saturated heterocycles. The minimum Gasteiger partial charge on any atom is -0.383 e. The molecule has 1 aliphatic carbocycles. The number of nitrogens with one attached hydrogen (secondary N) is 1. The van der Waals surface area contributed by atoms with Gasteiger partial charge in [0.1, 0.15) is 0 Å². The topological polar surface area (TPSA) is 67.6 Å². The number of nitrogens with two attached hydrogens (primary N) is 1. The molecule has 1 unspecified atom stereocenters. The highest BCUT2D eigenvalue weighted by molar-refractivity contribution is 5.81. The van der Waals surface area contributed by atoms with E-state index in [1.807, 2.05) is 6.92 Å². The number of carbonyl (C=O) groups is 1. The van der Waals surface area contributed by atoms with E-state index in [9.17, 15) is 4.79 Å². The van der Waals surface area contributed by atoms with Gasteiger partial charge >= 0.3 is 0 Å². The Morgan fingerprint density at radius 3 is 2.76 bits per heavy atom. The van der Waals surface area contributed by atoms with Crippen molar-refractivity contribution >= 4 is 5.91 Å². The fourth-order valence-corrected chi connectivity index (χ4v) is 2.49. The molecule has 5 heteroatoms. The molecular weight excluding hydrogens is 218 g/mol. The maximum absolute atomic E-state index is 11.8. The lowest BCUT2D eigenvalue weighted by atomic mass is 9.84. The Morgan fingerprint density at radius 1 is 1.59 bits per heavy atom. The summed E-state index contributed by atoms with van der Waals surface area (Å²) in [7, 11) is 1.63. The van der Waals surface area contributed by atoms with Crippen LogP contribution < -0.4 is 11.1 Å². The van der Waals surface area contributed by atoms with Crippen LogP contribution in [0.3, 0.4) is 0 Å². The Bertz CT molecular complexity index is 285. The molecule has 2 rings (SSSR count). The SMILES string of the molecule is COCCNC(=O)C(C)N1CC(N)(C2CC2)C1. The monoisotopic (exact) mass is 241 g/mol. The molecule has 0 aromatic heterocycles. The summed E-state index contributed by atoms with van der Waals surface area (Å²) in [6, 6.07) is -0.0812. The quantitative estimate of drug-likeness (QED) is 0.619. The third kappa shape index (κ3) is 2.78. The standard InChI is InChI=1S/C12H23N3O2/c1-9(11(16)14-5-6-17-2)15-7-12(13,8-15)10-3-4-10/h9-10H,3-8,13H2,1-2H3,(H,14,16). The summed E-state index contributed by atoms with van der Waals surface area (Å²) in [4.78, 5) is 14.0. The minimum absolute atomic E-state index is 0.0128. The summed E-state index contributed by atoms with van der Waals surface area (Å²) in [5, 5.41) is 2.86. The smallest absolute Gasteiger partial charge is 0.237 e. The van der Waals surface area contributed by atoms with Crippen molar-refractivity contribution in [3.63, 3.8) is 0 Å². The number of carbonyl (C=O) groups excluding carboxylic acids is 1. The molecule has 1 heterocycles. The summed E-state index contributed by atoms with van der Waals surface area (Å²) in [6.45, 7) is 4.78. The fraction of sp³-hybridized carbons (Fsp3) is 0.917. The van der Waals surface area contributed by atoms with Crippen molar-refractivity contribution in [1.29, 1.82) is 0 Å². The first-order valence-corrected chi connectivity index (χ1v) is 6.36. The van der Waals surface area contributed by atoms with Crippen LogP contribution in [0.25, 0.3) is 0 Å². The first kappa shape index (κ1) is 12.8. The van der Waals surface area contributed by atoms with E-state index in [1.54, 1.807) is 7.11 Å². The maximum atomic E-state index is 11.8. The van der Waals surface area contributed by atoms with Crippen LogP contribution in [0.2, 0.25) is 0 Å². The van der Waals surface area contributed by atoms with Crippen molar-refractivity contribution in [2.75, 3.05) is 33.4 Å². The average Bonchev–Trinajstić information content (AvgIpc) is 3.08.